The van der Waals surface area contributed by atoms with Crippen molar-refractivity contribution in [2.75, 3.05) is 6.61 Å². The molecule has 0 bridgehead atoms. The summed E-state index contributed by atoms with van der Waals surface area (Å²) < 4.78 is 5.17. The van der Waals surface area contributed by atoms with Gasteiger partial charge in [0.05, 0.1) is 0 Å². The minimum atomic E-state index is -0.410. The van der Waals surface area contributed by atoms with Gasteiger partial charge in [-0.1, -0.05) is 48.5 Å². The molecule has 0 spiro atoms. The van der Waals surface area contributed by atoms with E-state index in [4.69, 9.17) is 4.74 Å². The second-order valence-corrected chi connectivity index (χ2v) is 4.34. The summed E-state index contributed by atoms with van der Waals surface area (Å²) in [6.07, 6.45) is 5.07. The highest BCUT2D eigenvalue weighted by atomic mass is 16.5. The van der Waals surface area contributed by atoms with Crippen LogP contribution < -0.4 is 10.2 Å². The van der Waals surface area contributed by atoms with E-state index in [1.165, 1.54) is 12.3 Å². The first-order valence-electron chi connectivity index (χ1n) is 6.70. The highest BCUT2D eigenvalue weighted by Crippen LogP contribution is 2.23. The van der Waals surface area contributed by atoms with Gasteiger partial charge in [0, 0.05) is 6.21 Å². The fourth-order valence-corrected chi connectivity index (χ4v) is 1.63. The molecule has 0 aliphatic rings. The van der Waals surface area contributed by atoms with Crippen molar-refractivity contribution >= 4 is 18.2 Å². The number of allylic oxidation sites excluding steroid dienone is 1. The molecule has 22 heavy (non-hydrogen) atoms. The van der Waals surface area contributed by atoms with Crippen LogP contribution in [0.25, 0.3) is 6.08 Å². The van der Waals surface area contributed by atoms with Crippen molar-refractivity contribution in [1.82, 2.24) is 5.43 Å². The molecule has 0 saturated heterocycles. The maximum atomic E-state index is 11.5. The Bertz CT molecular complexity index is 667. The molecular weight excluding hydrogens is 280 g/mol. The lowest BCUT2D eigenvalue weighted by Crippen LogP contribution is -2.24. The van der Waals surface area contributed by atoms with E-state index in [0.717, 1.165) is 5.56 Å². The zero-order valence-corrected chi connectivity index (χ0v) is 11.8. The van der Waals surface area contributed by atoms with E-state index in [1.54, 1.807) is 24.3 Å². The number of nitrogens with one attached hydrogen (secondary N) is 1. The molecule has 2 aromatic rings. The summed E-state index contributed by atoms with van der Waals surface area (Å²) in [5.74, 6) is -0.164. The first-order chi connectivity index (χ1) is 10.8. The van der Waals surface area contributed by atoms with Crippen LogP contribution >= 0.6 is 0 Å². The van der Waals surface area contributed by atoms with E-state index in [9.17, 15) is 9.90 Å². The van der Waals surface area contributed by atoms with Crippen LogP contribution in [0.5, 0.6) is 11.5 Å². The van der Waals surface area contributed by atoms with Gasteiger partial charge in [-0.05, 0) is 23.8 Å². The lowest BCUT2D eigenvalue weighted by molar-refractivity contribution is -0.123. The van der Waals surface area contributed by atoms with Gasteiger partial charge in [0.2, 0.25) is 0 Å². The van der Waals surface area contributed by atoms with Crippen molar-refractivity contribution in [3.63, 3.8) is 0 Å². The smallest absolute Gasteiger partial charge is 0.277 e. The predicted molar refractivity (Wildman–Crippen MR) is 85.7 cm³/mol. The molecule has 2 rings (SSSR count). The summed E-state index contributed by atoms with van der Waals surface area (Å²) in [7, 11) is 0. The second kappa shape index (κ2) is 8.26. The summed E-state index contributed by atoms with van der Waals surface area (Å²) in [5, 5.41) is 13.2. The van der Waals surface area contributed by atoms with Gasteiger partial charge in [0.1, 0.15) is 0 Å². The van der Waals surface area contributed by atoms with Crippen molar-refractivity contribution in [2.24, 2.45) is 5.10 Å². The number of hydrogen-bond acceptors (Lipinski definition) is 4. The third-order valence-corrected chi connectivity index (χ3v) is 2.66. The number of amides is 1. The molecule has 0 heterocycles. The summed E-state index contributed by atoms with van der Waals surface area (Å²) in [6, 6.07) is 16.2. The average Bonchev–Trinajstić information content (AvgIpc) is 2.55. The van der Waals surface area contributed by atoms with Crippen LogP contribution in [-0.2, 0) is 4.79 Å². The quantitative estimate of drug-likeness (QED) is 0.636. The average molecular weight is 296 g/mol. The molecule has 5 heteroatoms. The molecule has 0 atom stereocenters. The standard InChI is InChI=1S/C17H16N2O3/c20-15-10-4-5-11-16(15)22-13-17(21)19-18-12-6-9-14-7-2-1-3-8-14/h1-12,20H,13H2,(H,19,21). The minimum Gasteiger partial charge on any atom is -0.504 e. The number of aromatic hydroxyl groups is 1. The van der Waals surface area contributed by atoms with Crippen molar-refractivity contribution in [1.29, 1.82) is 0 Å². The molecule has 112 valence electrons. The second-order valence-electron chi connectivity index (χ2n) is 4.34. The van der Waals surface area contributed by atoms with Gasteiger partial charge in [-0.3, -0.25) is 4.79 Å². The molecule has 0 aromatic heterocycles. The van der Waals surface area contributed by atoms with Gasteiger partial charge < -0.3 is 9.84 Å². The fourth-order valence-electron chi connectivity index (χ4n) is 1.63. The van der Waals surface area contributed by atoms with Crippen LogP contribution in [0.3, 0.4) is 0 Å². The van der Waals surface area contributed by atoms with Gasteiger partial charge in [0.25, 0.3) is 5.91 Å². The Hall–Kier alpha value is -3.08. The number of rotatable bonds is 6. The van der Waals surface area contributed by atoms with Crippen LogP contribution in [0.4, 0.5) is 0 Å². The van der Waals surface area contributed by atoms with Crippen LogP contribution in [0.1, 0.15) is 5.56 Å². The first kappa shape index (κ1) is 15.3. The Kier molecular flexibility index (Phi) is 5.75. The van der Waals surface area contributed by atoms with Crippen LogP contribution in [0.2, 0.25) is 0 Å². The van der Waals surface area contributed by atoms with E-state index in [1.807, 2.05) is 36.4 Å². The molecule has 5 nitrogen and oxygen atoms in total. The molecule has 0 radical (unpaired) electrons. The Morgan fingerprint density at radius 3 is 2.64 bits per heavy atom. The number of phenolic OH excluding ortho intramolecular Hbond substituents is 1. The van der Waals surface area contributed by atoms with Crippen molar-refractivity contribution in [3.05, 3.63) is 66.2 Å². The summed E-state index contributed by atoms with van der Waals surface area (Å²) in [6.45, 7) is -0.225. The maximum Gasteiger partial charge on any atom is 0.277 e. The van der Waals surface area contributed by atoms with Gasteiger partial charge in [-0.25, -0.2) is 5.43 Å². The number of ether oxygens (including phenoxy) is 1. The predicted octanol–water partition coefficient (Wildman–Crippen LogP) is 2.59. The van der Waals surface area contributed by atoms with Gasteiger partial charge >= 0.3 is 0 Å². The molecule has 0 saturated carbocycles. The molecular formula is C17H16N2O3. The topological polar surface area (TPSA) is 70.9 Å². The lowest BCUT2D eigenvalue weighted by atomic mass is 10.2. The SMILES string of the molecule is O=C(COc1ccccc1O)NN=CC=Cc1ccccc1. The van der Waals surface area contributed by atoms with Crippen molar-refractivity contribution < 1.29 is 14.6 Å². The summed E-state index contributed by atoms with van der Waals surface area (Å²) in [5.41, 5.74) is 3.38. The van der Waals surface area contributed by atoms with E-state index < -0.39 is 5.91 Å². The van der Waals surface area contributed by atoms with Gasteiger partial charge in [-0.2, -0.15) is 5.10 Å². The van der Waals surface area contributed by atoms with E-state index in [0.29, 0.717) is 0 Å². The lowest BCUT2D eigenvalue weighted by Gasteiger charge is -2.05. The highest BCUT2D eigenvalue weighted by Gasteiger charge is 2.04. The van der Waals surface area contributed by atoms with Crippen LogP contribution in [0, 0.1) is 0 Å². The Balaban J connectivity index is 1.73. The van der Waals surface area contributed by atoms with Crippen molar-refractivity contribution in [3.8, 4) is 11.5 Å². The summed E-state index contributed by atoms with van der Waals surface area (Å²) >= 11 is 0. The van der Waals surface area contributed by atoms with Crippen LogP contribution in [-0.4, -0.2) is 23.8 Å². The van der Waals surface area contributed by atoms with Crippen molar-refractivity contribution in [2.45, 2.75) is 0 Å². The molecule has 2 aromatic carbocycles. The maximum absolute atomic E-state index is 11.5. The number of para-hydroxylation sites is 2. The molecule has 1 amide bonds. The molecule has 0 aliphatic carbocycles. The fraction of sp³-hybridized carbons (Fsp3) is 0.0588. The molecule has 2 N–H and O–H groups in total. The molecule has 0 unspecified atom stereocenters. The number of hydrogen-bond donors (Lipinski definition) is 2. The van der Waals surface area contributed by atoms with E-state index >= 15 is 0 Å². The monoisotopic (exact) mass is 296 g/mol. The highest BCUT2D eigenvalue weighted by molar-refractivity contribution is 5.82. The van der Waals surface area contributed by atoms with E-state index in [-0.39, 0.29) is 18.1 Å². The number of carbonyl (C=O) groups is 1. The number of hydrazone groups is 1. The Labute approximate surface area is 128 Å². The van der Waals surface area contributed by atoms with Gasteiger partial charge in [0.15, 0.2) is 18.1 Å². The largest absolute Gasteiger partial charge is 0.504 e. The van der Waals surface area contributed by atoms with Gasteiger partial charge in [-0.15, -0.1) is 0 Å². The summed E-state index contributed by atoms with van der Waals surface area (Å²) in [4.78, 5) is 11.5. The molecule has 0 aliphatic heterocycles. The number of nitrogens with zero attached hydrogens (tertiary/aromatic N) is 1. The first-order valence-corrected chi connectivity index (χ1v) is 6.70. The number of carbonyl (C=O) groups excluding carboxylic acids is 1. The third kappa shape index (κ3) is 5.13. The minimum absolute atomic E-state index is 0.00963. The third-order valence-electron chi connectivity index (χ3n) is 2.66. The normalized spacial score (nSPS) is 10.9. The number of benzene rings is 2. The molecule has 0 fully saturated rings. The zero-order chi connectivity index (χ0) is 15.6. The zero-order valence-electron chi connectivity index (χ0n) is 11.8. The number of phenols is 1. The Morgan fingerprint density at radius 1 is 1.14 bits per heavy atom. The Morgan fingerprint density at radius 2 is 1.86 bits per heavy atom. The van der Waals surface area contributed by atoms with Crippen LogP contribution in [0.15, 0.2) is 65.8 Å². The van der Waals surface area contributed by atoms with E-state index in [2.05, 4.69) is 10.5 Å².